The maximum Gasteiger partial charge on any atom is 0.252 e. The molecule has 0 bridgehead atoms. The van der Waals surface area contributed by atoms with Crippen LogP contribution in [0.1, 0.15) is 29.6 Å². The summed E-state index contributed by atoms with van der Waals surface area (Å²) in [6, 6.07) is 5.35. The first-order chi connectivity index (χ1) is 9.70. The quantitative estimate of drug-likeness (QED) is 0.739. The van der Waals surface area contributed by atoms with Crippen molar-refractivity contribution in [3.63, 3.8) is 0 Å². The van der Waals surface area contributed by atoms with Crippen molar-refractivity contribution in [3.8, 4) is 5.75 Å². The Morgan fingerprint density at radius 1 is 1.45 bits per heavy atom. The van der Waals surface area contributed by atoms with E-state index in [0.29, 0.717) is 24.5 Å². The van der Waals surface area contributed by atoms with E-state index in [1.54, 1.807) is 13.2 Å². The standard InChI is InChI=1S/C15H20BrNO3/c1-19-12-5-6-14(16)13(9-12)15(18)17-7-2-8-20-10-11-3-4-11/h5-6,9,11H,2-4,7-8,10H2,1H3,(H,17,18). The Labute approximate surface area is 128 Å². The molecule has 1 aliphatic rings. The molecule has 110 valence electrons. The highest BCUT2D eigenvalue weighted by Gasteiger charge is 2.20. The number of nitrogens with one attached hydrogen (secondary N) is 1. The Kier molecular flexibility index (Phi) is 5.86. The highest BCUT2D eigenvalue weighted by molar-refractivity contribution is 9.10. The fourth-order valence-corrected chi connectivity index (χ4v) is 2.24. The number of halogens is 1. The molecule has 0 unspecified atom stereocenters. The van der Waals surface area contributed by atoms with Crippen LogP contribution in [-0.4, -0.2) is 32.8 Å². The van der Waals surface area contributed by atoms with Crippen molar-refractivity contribution in [3.05, 3.63) is 28.2 Å². The molecule has 1 aromatic carbocycles. The molecule has 1 saturated carbocycles. The van der Waals surface area contributed by atoms with E-state index in [2.05, 4.69) is 21.2 Å². The lowest BCUT2D eigenvalue weighted by molar-refractivity contribution is 0.0936. The molecule has 2 rings (SSSR count). The first-order valence-corrected chi connectivity index (χ1v) is 7.69. The van der Waals surface area contributed by atoms with E-state index in [1.807, 2.05) is 12.1 Å². The van der Waals surface area contributed by atoms with Crippen LogP contribution in [0.15, 0.2) is 22.7 Å². The normalized spacial score (nSPS) is 14.1. The second-order valence-electron chi connectivity index (χ2n) is 4.97. The van der Waals surface area contributed by atoms with Gasteiger partial charge in [-0.3, -0.25) is 4.79 Å². The van der Waals surface area contributed by atoms with Crippen LogP contribution < -0.4 is 10.1 Å². The Hall–Kier alpha value is -1.07. The predicted molar refractivity (Wildman–Crippen MR) is 81.2 cm³/mol. The summed E-state index contributed by atoms with van der Waals surface area (Å²) in [5.74, 6) is 1.36. The first-order valence-electron chi connectivity index (χ1n) is 6.90. The summed E-state index contributed by atoms with van der Waals surface area (Å²) in [4.78, 5) is 12.0. The fraction of sp³-hybridized carbons (Fsp3) is 0.533. The van der Waals surface area contributed by atoms with Crippen LogP contribution in [0.5, 0.6) is 5.75 Å². The van der Waals surface area contributed by atoms with E-state index in [1.165, 1.54) is 12.8 Å². The monoisotopic (exact) mass is 341 g/mol. The van der Waals surface area contributed by atoms with Crippen LogP contribution in [0, 0.1) is 5.92 Å². The third kappa shape index (κ3) is 4.80. The number of methoxy groups -OCH3 is 1. The minimum Gasteiger partial charge on any atom is -0.497 e. The van der Waals surface area contributed by atoms with E-state index in [-0.39, 0.29) is 5.91 Å². The van der Waals surface area contributed by atoms with E-state index in [0.717, 1.165) is 23.4 Å². The van der Waals surface area contributed by atoms with E-state index in [9.17, 15) is 4.79 Å². The molecular formula is C15H20BrNO3. The summed E-state index contributed by atoms with van der Waals surface area (Å²) >= 11 is 3.38. The average Bonchev–Trinajstić information content (AvgIpc) is 3.27. The van der Waals surface area contributed by atoms with Crippen LogP contribution >= 0.6 is 15.9 Å². The largest absolute Gasteiger partial charge is 0.497 e. The number of rotatable bonds is 8. The number of hydrogen-bond donors (Lipinski definition) is 1. The zero-order chi connectivity index (χ0) is 14.4. The molecule has 0 atom stereocenters. The van der Waals surface area contributed by atoms with Crippen molar-refractivity contribution >= 4 is 21.8 Å². The number of ether oxygens (including phenoxy) is 2. The summed E-state index contributed by atoms with van der Waals surface area (Å²) in [6.45, 7) is 2.19. The third-order valence-corrected chi connectivity index (χ3v) is 3.91. The molecule has 4 nitrogen and oxygen atoms in total. The number of carbonyl (C=O) groups is 1. The van der Waals surface area contributed by atoms with Crippen LogP contribution in [0.3, 0.4) is 0 Å². The lowest BCUT2D eigenvalue weighted by Crippen LogP contribution is -2.25. The van der Waals surface area contributed by atoms with Crippen molar-refractivity contribution in [2.24, 2.45) is 5.92 Å². The van der Waals surface area contributed by atoms with Crippen LogP contribution in [-0.2, 0) is 4.74 Å². The molecule has 1 N–H and O–H groups in total. The molecule has 0 radical (unpaired) electrons. The van der Waals surface area contributed by atoms with Gasteiger partial charge in [-0.1, -0.05) is 0 Å². The van der Waals surface area contributed by atoms with Gasteiger partial charge < -0.3 is 14.8 Å². The summed E-state index contributed by atoms with van der Waals surface area (Å²) in [6.07, 6.45) is 3.45. The second kappa shape index (κ2) is 7.64. The Morgan fingerprint density at radius 2 is 2.25 bits per heavy atom. The predicted octanol–water partition coefficient (Wildman–Crippen LogP) is 3.00. The first kappa shape index (κ1) is 15.3. The summed E-state index contributed by atoms with van der Waals surface area (Å²) in [5.41, 5.74) is 0.586. The molecule has 0 aliphatic heterocycles. The van der Waals surface area contributed by atoms with Crippen LogP contribution in [0.2, 0.25) is 0 Å². The molecule has 20 heavy (non-hydrogen) atoms. The van der Waals surface area contributed by atoms with Gasteiger partial charge in [0, 0.05) is 24.2 Å². The summed E-state index contributed by atoms with van der Waals surface area (Å²) in [7, 11) is 1.59. The SMILES string of the molecule is COc1ccc(Br)c(C(=O)NCCCOCC2CC2)c1. The highest BCUT2D eigenvalue weighted by Crippen LogP contribution is 2.28. The Morgan fingerprint density at radius 3 is 2.95 bits per heavy atom. The Balaban J connectivity index is 1.70. The van der Waals surface area contributed by atoms with Crippen molar-refractivity contribution in [2.75, 3.05) is 26.9 Å². The van der Waals surface area contributed by atoms with Gasteiger partial charge in [-0.05, 0) is 59.3 Å². The van der Waals surface area contributed by atoms with Gasteiger partial charge >= 0.3 is 0 Å². The van der Waals surface area contributed by atoms with E-state index in [4.69, 9.17) is 9.47 Å². The molecule has 5 heteroatoms. The molecular weight excluding hydrogens is 322 g/mol. The third-order valence-electron chi connectivity index (χ3n) is 3.22. The fourth-order valence-electron chi connectivity index (χ4n) is 1.81. The minimum atomic E-state index is -0.0991. The van der Waals surface area contributed by atoms with Crippen molar-refractivity contribution in [1.82, 2.24) is 5.32 Å². The average molecular weight is 342 g/mol. The van der Waals surface area contributed by atoms with E-state index >= 15 is 0 Å². The zero-order valence-corrected chi connectivity index (χ0v) is 13.2. The number of hydrogen-bond acceptors (Lipinski definition) is 3. The highest BCUT2D eigenvalue weighted by atomic mass is 79.9. The van der Waals surface area contributed by atoms with Crippen molar-refractivity contribution in [1.29, 1.82) is 0 Å². The molecule has 0 heterocycles. The van der Waals surface area contributed by atoms with Crippen LogP contribution in [0.25, 0.3) is 0 Å². The number of amides is 1. The molecule has 1 fully saturated rings. The molecule has 0 aromatic heterocycles. The molecule has 0 spiro atoms. The van der Waals surface area contributed by atoms with Gasteiger partial charge in [-0.2, -0.15) is 0 Å². The maximum atomic E-state index is 12.0. The number of benzene rings is 1. The van der Waals surface area contributed by atoms with Crippen molar-refractivity contribution in [2.45, 2.75) is 19.3 Å². The molecule has 1 amide bonds. The molecule has 1 aromatic rings. The van der Waals surface area contributed by atoms with Gasteiger partial charge in [0.15, 0.2) is 0 Å². The molecule has 0 saturated heterocycles. The van der Waals surface area contributed by atoms with Gasteiger partial charge in [-0.25, -0.2) is 0 Å². The lowest BCUT2D eigenvalue weighted by Gasteiger charge is -2.09. The smallest absolute Gasteiger partial charge is 0.252 e. The van der Waals surface area contributed by atoms with E-state index < -0.39 is 0 Å². The molecule has 1 aliphatic carbocycles. The van der Waals surface area contributed by atoms with Crippen LogP contribution in [0.4, 0.5) is 0 Å². The van der Waals surface area contributed by atoms with Gasteiger partial charge in [0.25, 0.3) is 5.91 Å². The summed E-state index contributed by atoms with van der Waals surface area (Å²) < 4.78 is 11.4. The minimum absolute atomic E-state index is 0.0991. The lowest BCUT2D eigenvalue weighted by atomic mass is 10.2. The summed E-state index contributed by atoms with van der Waals surface area (Å²) in [5, 5.41) is 2.89. The van der Waals surface area contributed by atoms with Gasteiger partial charge in [0.2, 0.25) is 0 Å². The van der Waals surface area contributed by atoms with Gasteiger partial charge in [-0.15, -0.1) is 0 Å². The zero-order valence-electron chi connectivity index (χ0n) is 11.7. The van der Waals surface area contributed by atoms with Crippen molar-refractivity contribution < 1.29 is 14.3 Å². The topological polar surface area (TPSA) is 47.6 Å². The Bertz CT molecular complexity index is 460. The van der Waals surface area contributed by atoms with Gasteiger partial charge in [0.1, 0.15) is 5.75 Å². The second-order valence-corrected chi connectivity index (χ2v) is 5.83. The maximum absolute atomic E-state index is 12.0. The number of carbonyl (C=O) groups excluding carboxylic acids is 1. The van der Waals surface area contributed by atoms with Gasteiger partial charge in [0.05, 0.1) is 12.7 Å².